The van der Waals surface area contributed by atoms with E-state index in [0.717, 1.165) is 89.9 Å². The molecule has 0 aliphatic heterocycles. The first-order chi connectivity index (χ1) is 33.4. The van der Waals surface area contributed by atoms with E-state index in [-0.39, 0.29) is 24.9 Å². The van der Waals surface area contributed by atoms with Crippen LogP contribution in [0.2, 0.25) is 0 Å². The van der Waals surface area contributed by atoms with Crippen molar-refractivity contribution in [2.75, 3.05) is 40.9 Å². The van der Waals surface area contributed by atoms with Gasteiger partial charge in [0.25, 0.3) is 7.82 Å². The summed E-state index contributed by atoms with van der Waals surface area (Å²) >= 11 is 0. The van der Waals surface area contributed by atoms with Crippen molar-refractivity contribution in [3.05, 3.63) is 85.1 Å². The lowest BCUT2D eigenvalue weighted by atomic mass is 10.0. The molecule has 0 rings (SSSR count). The molecule has 1 N–H and O–H groups in total. The van der Waals surface area contributed by atoms with Crippen molar-refractivity contribution >= 4 is 19.7 Å². The topological polar surface area (TPSA) is 114 Å². The first-order valence-corrected chi connectivity index (χ1v) is 29.4. The zero-order chi connectivity index (χ0) is 50.8. The van der Waals surface area contributed by atoms with Crippen molar-refractivity contribution in [1.82, 2.24) is 5.32 Å². The molecule has 3 unspecified atom stereocenters. The Balaban J connectivity index is 5.43. The number of quaternary nitrogens is 1. The Kier molecular flexibility index (Phi) is 46.8. The molecule has 10 heteroatoms. The van der Waals surface area contributed by atoms with Crippen LogP contribution < -0.4 is 10.2 Å². The Morgan fingerprint density at radius 1 is 0.522 bits per heavy atom. The van der Waals surface area contributed by atoms with Crippen LogP contribution in [-0.4, -0.2) is 69.4 Å². The van der Waals surface area contributed by atoms with Crippen molar-refractivity contribution in [2.24, 2.45) is 0 Å². The normalized spacial score (nSPS) is 14.5. The molecule has 3 atom stereocenters. The number of esters is 1. The van der Waals surface area contributed by atoms with E-state index in [9.17, 15) is 19.0 Å². The van der Waals surface area contributed by atoms with E-state index in [2.05, 4.69) is 99.0 Å². The lowest BCUT2D eigenvalue weighted by molar-refractivity contribution is -0.870. The highest BCUT2D eigenvalue weighted by Gasteiger charge is 2.27. The number of hydrogen-bond donors (Lipinski definition) is 1. The van der Waals surface area contributed by atoms with E-state index in [1.165, 1.54) is 96.3 Å². The van der Waals surface area contributed by atoms with E-state index < -0.39 is 26.6 Å². The highest BCUT2D eigenvalue weighted by Crippen LogP contribution is 2.38. The van der Waals surface area contributed by atoms with Crippen molar-refractivity contribution in [1.29, 1.82) is 0 Å². The summed E-state index contributed by atoms with van der Waals surface area (Å²) in [7, 11) is 1.16. The number of unbranched alkanes of at least 4 members (excludes halogenated alkanes) is 25. The van der Waals surface area contributed by atoms with Gasteiger partial charge in [-0.2, -0.15) is 0 Å². The van der Waals surface area contributed by atoms with E-state index in [1.807, 2.05) is 33.3 Å². The average molecular weight is 985 g/mol. The molecule has 0 saturated heterocycles. The monoisotopic (exact) mass is 985 g/mol. The Hall–Kier alpha value is -2.81. The lowest BCUT2D eigenvalue weighted by Gasteiger charge is -2.30. The molecular formula is C59H105N2O7P. The zero-order valence-electron chi connectivity index (χ0n) is 45.2. The molecule has 0 saturated carbocycles. The predicted molar refractivity (Wildman–Crippen MR) is 293 cm³/mol. The molecule has 0 heterocycles. The highest BCUT2D eigenvalue weighted by molar-refractivity contribution is 7.45. The van der Waals surface area contributed by atoms with Crippen LogP contribution in [0.5, 0.6) is 0 Å². The van der Waals surface area contributed by atoms with E-state index in [1.54, 1.807) is 0 Å². The smallest absolute Gasteiger partial charge is 0.306 e. The molecule has 69 heavy (non-hydrogen) atoms. The zero-order valence-corrected chi connectivity index (χ0v) is 46.1. The fourth-order valence-electron chi connectivity index (χ4n) is 7.64. The molecule has 0 bridgehead atoms. The molecule has 0 fully saturated rings. The molecular weight excluding hydrogens is 880 g/mol. The molecule has 0 aromatic rings. The molecule has 0 radical (unpaired) electrons. The van der Waals surface area contributed by atoms with Crippen LogP contribution in [0.1, 0.15) is 226 Å². The van der Waals surface area contributed by atoms with Gasteiger partial charge in [0.05, 0.1) is 33.8 Å². The summed E-state index contributed by atoms with van der Waals surface area (Å²) < 4.78 is 30.2. The summed E-state index contributed by atoms with van der Waals surface area (Å²) in [6, 6.07) is -0.902. The van der Waals surface area contributed by atoms with Gasteiger partial charge >= 0.3 is 5.97 Å². The van der Waals surface area contributed by atoms with Gasteiger partial charge < -0.3 is 28.5 Å². The number of carbonyl (C=O) groups excluding carboxylic acids is 2. The number of carbonyl (C=O) groups is 2. The number of phosphoric acid groups is 1. The third-order valence-corrected chi connectivity index (χ3v) is 12.9. The molecule has 1 amide bonds. The van der Waals surface area contributed by atoms with Gasteiger partial charge in [0.1, 0.15) is 19.3 Å². The van der Waals surface area contributed by atoms with Gasteiger partial charge in [-0.3, -0.25) is 14.2 Å². The van der Waals surface area contributed by atoms with Gasteiger partial charge in [-0.25, -0.2) is 0 Å². The van der Waals surface area contributed by atoms with Crippen molar-refractivity contribution in [2.45, 2.75) is 238 Å². The fraction of sp³-hybridized carbons (Fsp3) is 0.729. The first kappa shape index (κ1) is 66.2. The number of nitrogens with zero attached hydrogens (tertiary/aromatic N) is 1. The number of nitrogens with one attached hydrogen (secondary N) is 1. The van der Waals surface area contributed by atoms with Crippen molar-refractivity contribution < 1.29 is 37.3 Å². The van der Waals surface area contributed by atoms with E-state index in [4.69, 9.17) is 13.8 Å². The van der Waals surface area contributed by atoms with Crippen LogP contribution in [0.25, 0.3) is 0 Å². The molecule has 0 aromatic carbocycles. The number of likely N-dealkylation sites (N-methyl/N-ethyl adjacent to an activating group) is 1. The summed E-state index contributed by atoms with van der Waals surface area (Å²) in [5.41, 5.74) is 0. The van der Waals surface area contributed by atoms with Gasteiger partial charge in [0.2, 0.25) is 5.91 Å². The van der Waals surface area contributed by atoms with Gasteiger partial charge in [0, 0.05) is 12.8 Å². The summed E-state index contributed by atoms with van der Waals surface area (Å²) in [5, 5.41) is 3.01. The maximum Gasteiger partial charge on any atom is 0.306 e. The standard InChI is InChI=1S/C59H105N2O7P/c1-7-10-13-16-19-22-25-28-30-33-36-39-42-45-48-51-58(62)60-56(55-67-69(64,65)66-54-53-61(4,5)6)57(50-47-44-41-38-35-32-27-24-21-18-15-12-9-3)68-59(63)52-49-46-43-40-37-34-31-29-26-23-20-17-14-11-8-2/h10-11,13-14,16-17,19-20,22-23,25-26,47,50,56-57H,7-9,12,15,18,21,24,27-46,48-49,51-55H2,1-6H3,(H-,60,62,64,65)/b13-10+,14-11+,19-16+,20-17+,25-22+,26-23+,50-47+. The number of hydrogen-bond acceptors (Lipinski definition) is 7. The minimum atomic E-state index is -4.70. The molecule has 398 valence electrons. The number of amides is 1. The maximum absolute atomic E-state index is 13.5. The molecule has 0 aliphatic rings. The molecule has 0 aromatic heterocycles. The minimum absolute atomic E-state index is 0.0307. The SMILES string of the molecule is CC/C=C/C=C/C=C/CCCCCCCCCC(=O)NC(COP(=O)([O-])OCC[N+](C)(C)C)C(/C=C/CCCCCCCCCCCCC)OC(=O)CCCCCCCCC/C=C/C=C/C=C/CC. The Morgan fingerprint density at radius 2 is 0.928 bits per heavy atom. The number of allylic oxidation sites excluding steroid dienone is 13. The van der Waals surface area contributed by atoms with Crippen LogP contribution >= 0.6 is 7.82 Å². The molecule has 0 aliphatic carbocycles. The summed E-state index contributed by atoms with van der Waals surface area (Å²) in [6.45, 7) is 6.55. The summed E-state index contributed by atoms with van der Waals surface area (Å²) in [6.07, 6.45) is 62.5. The largest absolute Gasteiger partial charge is 0.756 e. The van der Waals surface area contributed by atoms with Crippen LogP contribution in [0, 0.1) is 0 Å². The van der Waals surface area contributed by atoms with Gasteiger partial charge in [-0.1, -0.05) is 228 Å². The van der Waals surface area contributed by atoms with Crippen molar-refractivity contribution in [3.8, 4) is 0 Å². The van der Waals surface area contributed by atoms with Crippen molar-refractivity contribution in [3.63, 3.8) is 0 Å². The molecule has 0 spiro atoms. The quantitative estimate of drug-likeness (QED) is 0.0161. The third kappa shape index (κ3) is 49.9. The van der Waals surface area contributed by atoms with E-state index >= 15 is 0 Å². The Labute approximate surface area is 425 Å². The predicted octanol–water partition coefficient (Wildman–Crippen LogP) is 16.0. The average Bonchev–Trinajstić information content (AvgIpc) is 3.31. The summed E-state index contributed by atoms with van der Waals surface area (Å²) in [5.74, 6) is -0.573. The van der Waals surface area contributed by atoms with E-state index in [0.29, 0.717) is 23.9 Å². The fourth-order valence-corrected chi connectivity index (χ4v) is 8.36. The number of ether oxygens (including phenoxy) is 1. The highest BCUT2D eigenvalue weighted by atomic mass is 31.2. The van der Waals surface area contributed by atoms with Gasteiger partial charge in [-0.15, -0.1) is 0 Å². The number of phosphoric ester groups is 1. The van der Waals surface area contributed by atoms with Crippen LogP contribution in [-0.2, 0) is 27.9 Å². The Morgan fingerprint density at radius 3 is 1.38 bits per heavy atom. The second kappa shape index (κ2) is 48.8. The maximum atomic E-state index is 13.5. The lowest BCUT2D eigenvalue weighted by Crippen LogP contribution is -2.47. The van der Waals surface area contributed by atoms with Crippen LogP contribution in [0.15, 0.2) is 85.1 Å². The van der Waals surface area contributed by atoms with Crippen LogP contribution in [0.3, 0.4) is 0 Å². The third-order valence-electron chi connectivity index (χ3n) is 11.9. The van der Waals surface area contributed by atoms with Crippen LogP contribution in [0.4, 0.5) is 0 Å². The van der Waals surface area contributed by atoms with Gasteiger partial charge in [0.15, 0.2) is 0 Å². The van der Waals surface area contributed by atoms with Gasteiger partial charge in [-0.05, 0) is 70.3 Å². The number of rotatable bonds is 49. The minimum Gasteiger partial charge on any atom is -0.756 e. The Bertz CT molecular complexity index is 1460. The molecule has 9 nitrogen and oxygen atoms in total. The second-order valence-electron chi connectivity index (χ2n) is 19.8. The summed E-state index contributed by atoms with van der Waals surface area (Å²) in [4.78, 5) is 39.8. The first-order valence-electron chi connectivity index (χ1n) is 28.0. The second-order valence-corrected chi connectivity index (χ2v) is 21.2.